The monoisotopic (exact) mass is 366 g/mol. The highest BCUT2D eigenvalue weighted by Gasteiger charge is 2.24. The normalized spacial score (nSPS) is 14.9. The van der Waals surface area contributed by atoms with Gasteiger partial charge in [-0.3, -0.25) is 9.79 Å². The van der Waals surface area contributed by atoms with Gasteiger partial charge >= 0.3 is 0 Å². The van der Waals surface area contributed by atoms with Crippen molar-refractivity contribution in [3.05, 3.63) is 64.7 Å². The third-order valence-electron chi connectivity index (χ3n) is 4.88. The van der Waals surface area contributed by atoms with Crippen molar-refractivity contribution in [2.75, 3.05) is 20.6 Å². The molecule has 1 aliphatic rings. The van der Waals surface area contributed by atoms with E-state index in [9.17, 15) is 9.90 Å². The number of Topliss-reactive ketones (excluding diaryl/α,β-unsaturated/α-hetero) is 1. The van der Waals surface area contributed by atoms with Crippen LogP contribution in [0.5, 0.6) is 5.75 Å². The first-order valence-corrected chi connectivity index (χ1v) is 9.27. The number of hydrogen-bond donors (Lipinski definition) is 1. The fourth-order valence-electron chi connectivity index (χ4n) is 3.60. The molecule has 27 heavy (non-hydrogen) atoms. The summed E-state index contributed by atoms with van der Waals surface area (Å²) in [6.07, 6.45) is 3.73. The number of carbonyl (C=O) groups is 1. The number of carbonyl (C=O) groups excluding carboxylic acids is 1. The molecule has 0 saturated heterocycles. The Morgan fingerprint density at radius 3 is 2.70 bits per heavy atom. The second kappa shape index (κ2) is 8.82. The first-order chi connectivity index (χ1) is 13.1. The Morgan fingerprint density at radius 1 is 1.22 bits per heavy atom. The summed E-state index contributed by atoms with van der Waals surface area (Å²) in [5.74, 6) is 0.789. The van der Waals surface area contributed by atoms with Gasteiger partial charge in [-0.2, -0.15) is 0 Å². The Labute approximate surface area is 160 Å². The van der Waals surface area contributed by atoms with Gasteiger partial charge in [-0.1, -0.05) is 30.3 Å². The summed E-state index contributed by atoms with van der Waals surface area (Å²) in [5.41, 5.74) is 3.44. The van der Waals surface area contributed by atoms with Crippen molar-refractivity contribution in [1.82, 2.24) is 4.90 Å². The number of aliphatic hydroxyl groups is 1. The maximum atomic E-state index is 12.2. The quantitative estimate of drug-likeness (QED) is 0.603. The molecule has 0 aromatic heterocycles. The minimum Gasteiger partial charge on any atom is -0.483 e. The number of aliphatic imine (C=N–C) groups is 1. The fourth-order valence-corrected chi connectivity index (χ4v) is 3.60. The van der Waals surface area contributed by atoms with Crippen LogP contribution in [-0.2, 0) is 13.0 Å². The van der Waals surface area contributed by atoms with E-state index in [1.807, 2.05) is 54.4 Å². The van der Waals surface area contributed by atoms with E-state index in [1.165, 1.54) is 0 Å². The molecule has 1 N–H and O–H groups in total. The molecule has 0 spiro atoms. The second-order valence-corrected chi connectivity index (χ2v) is 6.83. The average molecular weight is 366 g/mol. The molecule has 1 atom stereocenters. The van der Waals surface area contributed by atoms with Gasteiger partial charge in [-0.25, -0.2) is 0 Å². The molecule has 5 nitrogen and oxygen atoms in total. The lowest BCUT2D eigenvalue weighted by atomic mass is 9.87. The number of nitrogens with zero attached hydrogens (tertiary/aromatic N) is 2. The van der Waals surface area contributed by atoms with Gasteiger partial charge in [0.05, 0.1) is 19.5 Å². The summed E-state index contributed by atoms with van der Waals surface area (Å²) in [6.45, 7) is 0.474. The molecule has 2 aromatic carbocycles. The van der Waals surface area contributed by atoms with Gasteiger partial charge in [0.25, 0.3) is 0 Å². The maximum absolute atomic E-state index is 12.2. The van der Waals surface area contributed by atoms with E-state index in [1.54, 1.807) is 13.4 Å². The van der Waals surface area contributed by atoms with Crippen molar-refractivity contribution in [3.8, 4) is 5.75 Å². The molecule has 0 radical (unpaired) electrons. The molecule has 0 aliphatic heterocycles. The van der Waals surface area contributed by atoms with Crippen LogP contribution in [0.3, 0.4) is 0 Å². The van der Waals surface area contributed by atoms with E-state index in [0.29, 0.717) is 18.7 Å². The number of fused-ring (bicyclic) bond motifs is 1. The summed E-state index contributed by atoms with van der Waals surface area (Å²) in [7, 11) is 3.68. The van der Waals surface area contributed by atoms with Gasteiger partial charge in [0.15, 0.2) is 5.78 Å². The van der Waals surface area contributed by atoms with Crippen LogP contribution in [0.4, 0.5) is 0 Å². The van der Waals surface area contributed by atoms with Crippen molar-refractivity contribution in [2.24, 2.45) is 4.99 Å². The summed E-state index contributed by atoms with van der Waals surface area (Å²) in [6, 6.07) is 13.7. The van der Waals surface area contributed by atoms with Crippen LogP contribution in [0.25, 0.3) is 0 Å². The Morgan fingerprint density at radius 2 is 2.00 bits per heavy atom. The third kappa shape index (κ3) is 4.37. The molecule has 0 heterocycles. The minimum absolute atomic E-state index is 0.139. The standard InChI is InChI=1S/C22H26N2O3/c1-23-15-24(2)13-22(16-7-4-3-5-8-16)27-21-12-11-18-17(19(21)14-25)9-6-10-20(18)26/h3-5,7-8,11-12,15,22,25H,6,9-10,13-14H2,1-2H3. The summed E-state index contributed by atoms with van der Waals surface area (Å²) in [5, 5.41) is 9.99. The molecule has 0 bridgehead atoms. The molecular weight excluding hydrogens is 340 g/mol. The number of benzene rings is 2. The van der Waals surface area contributed by atoms with E-state index in [2.05, 4.69) is 4.99 Å². The Balaban J connectivity index is 1.94. The lowest BCUT2D eigenvalue weighted by Gasteiger charge is -2.27. The van der Waals surface area contributed by atoms with Crippen molar-refractivity contribution in [2.45, 2.75) is 32.0 Å². The van der Waals surface area contributed by atoms with Crippen LogP contribution in [-0.4, -0.2) is 42.8 Å². The second-order valence-electron chi connectivity index (χ2n) is 6.83. The van der Waals surface area contributed by atoms with Crippen LogP contribution in [0.1, 0.15) is 46.0 Å². The van der Waals surface area contributed by atoms with Crippen LogP contribution in [0.2, 0.25) is 0 Å². The number of aliphatic hydroxyl groups excluding tert-OH is 1. The molecule has 0 amide bonds. The van der Waals surface area contributed by atoms with E-state index in [4.69, 9.17) is 4.74 Å². The molecule has 2 aromatic rings. The lowest BCUT2D eigenvalue weighted by Crippen LogP contribution is -2.27. The van der Waals surface area contributed by atoms with Crippen LogP contribution in [0, 0.1) is 0 Å². The highest BCUT2D eigenvalue weighted by atomic mass is 16.5. The van der Waals surface area contributed by atoms with E-state index >= 15 is 0 Å². The topological polar surface area (TPSA) is 62.1 Å². The Hall–Kier alpha value is -2.66. The van der Waals surface area contributed by atoms with Crippen LogP contribution < -0.4 is 4.74 Å². The SMILES string of the molecule is CN=CN(C)CC(Oc1ccc2c(c1CO)CCCC2=O)c1ccccc1. The van der Waals surface area contributed by atoms with E-state index in [0.717, 1.165) is 35.1 Å². The van der Waals surface area contributed by atoms with Crippen molar-refractivity contribution in [3.63, 3.8) is 0 Å². The first-order valence-electron chi connectivity index (χ1n) is 9.27. The molecule has 3 rings (SSSR count). The van der Waals surface area contributed by atoms with Gasteiger partial charge in [0.1, 0.15) is 11.9 Å². The zero-order valence-electron chi connectivity index (χ0n) is 15.9. The minimum atomic E-state index is -0.225. The predicted molar refractivity (Wildman–Crippen MR) is 106 cm³/mol. The molecule has 142 valence electrons. The Kier molecular flexibility index (Phi) is 6.24. The van der Waals surface area contributed by atoms with Crippen molar-refractivity contribution in [1.29, 1.82) is 0 Å². The molecule has 1 aliphatic carbocycles. The van der Waals surface area contributed by atoms with E-state index < -0.39 is 0 Å². The van der Waals surface area contributed by atoms with Gasteiger partial charge in [0.2, 0.25) is 0 Å². The van der Waals surface area contributed by atoms with Gasteiger partial charge in [-0.15, -0.1) is 0 Å². The van der Waals surface area contributed by atoms with E-state index in [-0.39, 0.29) is 18.5 Å². The van der Waals surface area contributed by atoms with Gasteiger partial charge in [0, 0.05) is 31.6 Å². The number of likely N-dealkylation sites (N-methyl/N-ethyl adjacent to an activating group) is 1. The lowest BCUT2D eigenvalue weighted by molar-refractivity contribution is 0.0971. The highest BCUT2D eigenvalue weighted by Crippen LogP contribution is 2.34. The van der Waals surface area contributed by atoms with Crippen LogP contribution >= 0.6 is 0 Å². The maximum Gasteiger partial charge on any atom is 0.163 e. The molecular formula is C22H26N2O3. The van der Waals surface area contributed by atoms with Gasteiger partial charge in [-0.05, 0) is 36.1 Å². The molecule has 0 fully saturated rings. The third-order valence-corrected chi connectivity index (χ3v) is 4.88. The van der Waals surface area contributed by atoms with Gasteiger partial charge < -0.3 is 14.7 Å². The summed E-state index contributed by atoms with van der Waals surface area (Å²) < 4.78 is 6.37. The zero-order chi connectivity index (χ0) is 19.2. The smallest absolute Gasteiger partial charge is 0.163 e. The molecule has 0 saturated carbocycles. The number of ketones is 1. The molecule has 5 heteroatoms. The summed E-state index contributed by atoms with van der Waals surface area (Å²) in [4.78, 5) is 18.2. The van der Waals surface area contributed by atoms with Crippen LogP contribution in [0.15, 0.2) is 47.5 Å². The highest BCUT2D eigenvalue weighted by molar-refractivity contribution is 5.99. The zero-order valence-corrected chi connectivity index (χ0v) is 15.9. The number of hydrogen-bond acceptors (Lipinski definition) is 4. The number of ether oxygens (including phenoxy) is 1. The number of rotatable bonds is 7. The Bertz CT molecular complexity index is 818. The molecule has 1 unspecified atom stereocenters. The van der Waals surface area contributed by atoms with Crippen molar-refractivity contribution < 1.29 is 14.6 Å². The fraction of sp³-hybridized carbons (Fsp3) is 0.364. The largest absolute Gasteiger partial charge is 0.483 e. The average Bonchev–Trinajstić information content (AvgIpc) is 2.68. The predicted octanol–water partition coefficient (Wildman–Crippen LogP) is 3.41. The first kappa shape index (κ1) is 19.1. The summed E-state index contributed by atoms with van der Waals surface area (Å²) >= 11 is 0. The van der Waals surface area contributed by atoms with Crippen molar-refractivity contribution >= 4 is 12.1 Å².